The molecule has 1 fully saturated rings. The summed E-state index contributed by atoms with van der Waals surface area (Å²) >= 11 is 0. The van der Waals surface area contributed by atoms with Crippen LogP contribution in [0.2, 0.25) is 19.6 Å². The molecule has 0 aromatic heterocycles. The minimum atomic E-state index is -1.41. The number of benzene rings is 1. The molecule has 0 aliphatic carbocycles. The van der Waals surface area contributed by atoms with Crippen molar-refractivity contribution in [3.05, 3.63) is 35.4 Å². The molecule has 5 heteroatoms. The third-order valence-electron chi connectivity index (χ3n) is 4.50. The molecule has 1 aromatic rings. The third kappa shape index (κ3) is 5.87. The van der Waals surface area contributed by atoms with Crippen LogP contribution in [0.4, 0.5) is 4.79 Å². The second kappa shape index (κ2) is 7.78. The van der Waals surface area contributed by atoms with Gasteiger partial charge in [-0.05, 0) is 51.3 Å². The number of hydrogen-bond acceptors (Lipinski definition) is 3. The van der Waals surface area contributed by atoms with Crippen LogP contribution in [0.3, 0.4) is 0 Å². The Hall–Kier alpha value is -2.24. The van der Waals surface area contributed by atoms with Crippen LogP contribution in [0.15, 0.2) is 24.3 Å². The van der Waals surface area contributed by atoms with E-state index >= 15 is 0 Å². The minimum Gasteiger partial charge on any atom is -0.444 e. The van der Waals surface area contributed by atoms with Crippen LogP contribution in [-0.4, -0.2) is 37.8 Å². The molecular weight excluding hydrogens is 352 g/mol. The van der Waals surface area contributed by atoms with Gasteiger partial charge in [0.15, 0.2) is 0 Å². The Morgan fingerprint density at radius 3 is 2.15 bits per heavy atom. The molecule has 0 spiro atoms. The number of hydrogen-bond donors (Lipinski definition) is 0. The topological polar surface area (TPSA) is 53.3 Å². The van der Waals surface area contributed by atoms with Gasteiger partial charge in [-0.25, -0.2) is 4.79 Å². The van der Waals surface area contributed by atoms with Gasteiger partial charge in [-0.3, -0.25) is 0 Å². The highest BCUT2D eigenvalue weighted by Crippen LogP contribution is 2.35. The Kier molecular flexibility index (Phi) is 6.07. The van der Waals surface area contributed by atoms with E-state index in [1.807, 2.05) is 45.0 Å². The Morgan fingerprint density at radius 2 is 1.70 bits per heavy atom. The van der Waals surface area contributed by atoms with Gasteiger partial charge >= 0.3 is 6.09 Å². The van der Waals surface area contributed by atoms with E-state index in [1.54, 1.807) is 4.90 Å². The van der Waals surface area contributed by atoms with Crippen LogP contribution < -0.4 is 0 Å². The monoisotopic (exact) mass is 382 g/mol. The van der Waals surface area contributed by atoms with Gasteiger partial charge in [0.25, 0.3) is 0 Å². The molecule has 144 valence electrons. The zero-order valence-corrected chi connectivity index (χ0v) is 18.3. The van der Waals surface area contributed by atoms with E-state index in [0.717, 1.165) is 11.1 Å². The van der Waals surface area contributed by atoms with Crippen molar-refractivity contribution in [3.63, 3.8) is 0 Å². The molecule has 0 N–H and O–H groups in total. The van der Waals surface area contributed by atoms with Gasteiger partial charge in [-0.2, -0.15) is 5.26 Å². The first-order chi connectivity index (χ1) is 12.4. The highest BCUT2D eigenvalue weighted by molar-refractivity contribution is 6.83. The van der Waals surface area contributed by atoms with E-state index in [2.05, 4.69) is 37.2 Å². The average molecular weight is 383 g/mol. The van der Waals surface area contributed by atoms with Gasteiger partial charge in [0.05, 0.1) is 11.5 Å². The fourth-order valence-corrected chi connectivity index (χ4v) is 3.51. The largest absolute Gasteiger partial charge is 0.444 e. The van der Waals surface area contributed by atoms with Crippen LogP contribution >= 0.6 is 0 Å². The standard InChI is InChI=1S/C22H30N2O2Si/c1-21(2,3)26-20(25)24-14-12-22(17-23,13-15-24)19-9-7-18(8-10-19)11-16-27(4,5)6/h7-10H,12-15H2,1-6H3. The first kappa shape index (κ1) is 21.1. The van der Waals surface area contributed by atoms with Crippen LogP contribution in [-0.2, 0) is 10.2 Å². The smallest absolute Gasteiger partial charge is 0.410 e. The minimum absolute atomic E-state index is 0.300. The highest BCUT2D eigenvalue weighted by atomic mass is 28.3. The quantitative estimate of drug-likeness (QED) is 0.522. The molecule has 0 saturated carbocycles. The van der Waals surface area contributed by atoms with Crippen LogP contribution in [0.5, 0.6) is 0 Å². The third-order valence-corrected chi connectivity index (χ3v) is 5.38. The lowest BCUT2D eigenvalue weighted by Gasteiger charge is -2.38. The lowest BCUT2D eigenvalue weighted by atomic mass is 9.74. The Bertz CT molecular complexity index is 775. The van der Waals surface area contributed by atoms with Crippen LogP contribution in [0.1, 0.15) is 44.7 Å². The van der Waals surface area contributed by atoms with Crippen LogP contribution in [0.25, 0.3) is 0 Å². The summed E-state index contributed by atoms with van der Waals surface area (Å²) in [5.74, 6) is 3.25. The molecule has 4 nitrogen and oxygen atoms in total. The Morgan fingerprint density at radius 1 is 1.15 bits per heavy atom. The Balaban J connectivity index is 2.10. The molecule has 1 heterocycles. The van der Waals surface area contributed by atoms with E-state index in [1.165, 1.54) is 0 Å². The second-order valence-corrected chi connectivity index (χ2v) is 14.0. The number of amides is 1. The molecule has 0 bridgehead atoms. The first-order valence-corrected chi connectivity index (χ1v) is 13.0. The molecule has 0 radical (unpaired) electrons. The van der Waals surface area contributed by atoms with Crippen molar-refractivity contribution < 1.29 is 9.53 Å². The van der Waals surface area contributed by atoms with Crippen molar-refractivity contribution in [1.29, 1.82) is 5.26 Å². The number of nitrogens with zero attached hydrogens (tertiary/aromatic N) is 2. The lowest BCUT2D eigenvalue weighted by Crippen LogP contribution is -2.46. The van der Waals surface area contributed by atoms with E-state index in [4.69, 9.17) is 4.74 Å². The van der Waals surface area contributed by atoms with Gasteiger partial charge in [0, 0.05) is 18.7 Å². The molecule has 1 aliphatic heterocycles. The number of ether oxygens (including phenoxy) is 1. The highest BCUT2D eigenvalue weighted by Gasteiger charge is 2.38. The van der Waals surface area contributed by atoms with E-state index in [-0.39, 0.29) is 6.09 Å². The van der Waals surface area contributed by atoms with E-state index < -0.39 is 19.1 Å². The molecule has 2 rings (SSSR count). The van der Waals surface area contributed by atoms with Crippen molar-refractivity contribution in [2.45, 2.75) is 64.3 Å². The zero-order valence-electron chi connectivity index (χ0n) is 17.3. The van der Waals surface area contributed by atoms with Crippen molar-refractivity contribution in [2.24, 2.45) is 0 Å². The number of likely N-dealkylation sites (tertiary alicyclic amines) is 1. The van der Waals surface area contributed by atoms with Gasteiger partial charge in [0.1, 0.15) is 13.7 Å². The number of carbonyl (C=O) groups is 1. The second-order valence-electron chi connectivity index (χ2n) is 9.24. The summed E-state index contributed by atoms with van der Waals surface area (Å²) < 4.78 is 5.45. The predicted octanol–water partition coefficient (Wildman–Crippen LogP) is 4.71. The number of piperidine rings is 1. The maximum atomic E-state index is 12.3. The number of rotatable bonds is 1. The van der Waals surface area contributed by atoms with E-state index in [9.17, 15) is 10.1 Å². The molecular formula is C22H30N2O2Si. The predicted molar refractivity (Wildman–Crippen MR) is 111 cm³/mol. The molecule has 1 aliphatic rings. The van der Waals surface area contributed by atoms with Gasteiger partial charge < -0.3 is 9.64 Å². The normalized spacial score (nSPS) is 16.7. The number of carbonyl (C=O) groups excluding carboxylic acids is 1. The van der Waals surface area contributed by atoms with Gasteiger partial charge in [-0.15, -0.1) is 5.54 Å². The summed E-state index contributed by atoms with van der Waals surface area (Å²) in [6, 6.07) is 10.5. The summed E-state index contributed by atoms with van der Waals surface area (Å²) in [6.45, 7) is 13.3. The summed E-state index contributed by atoms with van der Waals surface area (Å²) in [5.41, 5.74) is 4.30. The molecule has 1 saturated heterocycles. The average Bonchev–Trinajstić information content (AvgIpc) is 2.58. The SMILES string of the molecule is CC(C)(C)OC(=O)N1CCC(C#N)(c2ccc(C#C[Si](C)(C)C)cc2)CC1. The van der Waals surface area contributed by atoms with Crippen molar-refractivity contribution in [2.75, 3.05) is 13.1 Å². The zero-order chi connectivity index (χ0) is 20.3. The lowest BCUT2D eigenvalue weighted by molar-refractivity contribution is 0.0185. The summed E-state index contributed by atoms with van der Waals surface area (Å²) in [6.07, 6.45) is 0.928. The fourth-order valence-electron chi connectivity index (χ4n) is 2.99. The van der Waals surface area contributed by atoms with Crippen LogP contribution in [0, 0.1) is 22.8 Å². The summed E-state index contributed by atoms with van der Waals surface area (Å²) in [5, 5.41) is 9.88. The first-order valence-electron chi connectivity index (χ1n) is 9.47. The van der Waals surface area contributed by atoms with Crippen molar-refractivity contribution in [1.82, 2.24) is 4.90 Å². The maximum Gasteiger partial charge on any atom is 0.410 e. The van der Waals surface area contributed by atoms with Crippen molar-refractivity contribution in [3.8, 4) is 17.5 Å². The van der Waals surface area contributed by atoms with Gasteiger partial charge in [0.2, 0.25) is 0 Å². The Labute approximate surface area is 164 Å². The fraction of sp³-hybridized carbons (Fsp3) is 0.545. The number of nitriles is 1. The molecule has 1 aromatic carbocycles. The molecule has 1 amide bonds. The maximum absolute atomic E-state index is 12.3. The summed E-state index contributed by atoms with van der Waals surface area (Å²) in [7, 11) is -1.41. The van der Waals surface area contributed by atoms with Crippen molar-refractivity contribution >= 4 is 14.2 Å². The molecule has 0 atom stereocenters. The van der Waals surface area contributed by atoms with E-state index in [0.29, 0.717) is 25.9 Å². The summed E-state index contributed by atoms with van der Waals surface area (Å²) in [4.78, 5) is 14.0. The molecule has 27 heavy (non-hydrogen) atoms. The molecule has 0 unspecified atom stereocenters. The van der Waals surface area contributed by atoms with Gasteiger partial charge in [-0.1, -0.05) is 37.7 Å².